The molecule has 0 spiro atoms. The highest BCUT2D eigenvalue weighted by Crippen LogP contribution is 2.64. The van der Waals surface area contributed by atoms with Crippen LogP contribution in [0.5, 0.6) is 0 Å². The van der Waals surface area contributed by atoms with E-state index in [0.717, 1.165) is 12.2 Å². The van der Waals surface area contributed by atoms with E-state index in [1.165, 1.54) is 0 Å². The number of halogens is 20. The Morgan fingerprint density at radius 3 is 1.54 bits per heavy atom. The third-order valence-electron chi connectivity index (χ3n) is 9.26. The Morgan fingerprint density at radius 1 is 0.631 bits per heavy atom. The monoisotopic (exact) mass is 1030 g/mol. The maximum Gasteiger partial charge on any atom is 0.460 e. The average molecular weight is 1040 g/mol. The zero-order valence-electron chi connectivity index (χ0n) is 32.4. The van der Waals surface area contributed by atoms with Crippen LogP contribution in [0.4, 0.5) is 74.6 Å². The molecule has 1 aliphatic heterocycles. The predicted molar refractivity (Wildman–Crippen MR) is 194 cm³/mol. The molecular formula is C37H35Cl3F17NO7. The molecule has 3 rings (SSSR count). The van der Waals surface area contributed by atoms with Crippen LogP contribution in [0.15, 0.2) is 72.8 Å². The van der Waals surface area contributed by atoms with E-state index in [1.54, 1.807) is 60.7 Å². The van der Waals surface area contributed by atoms with E-state index in [9.17, 15) is 84.5 Å². The summed E-state index contributed by atoms with van der Waals surface area (Å²) >= 11 is 17.4. The fourth-order valence-electron chi connectivity index (χ4n) is 5.70. The highest BCUT2D eigenvalue weighted by Gasteiger charge is 2.95. The topological polar surface area (TPSA) is 95.5 Å². The Bertz CT molecular complexity index is 1840. The van der Waals surface area contributed by atoms with Gasteiger partial charge in [-0.05, 0) is 17.5 Å². The van der Waals surface area contributed by atoms with Gasteiger partial charge in [0, 0.05) is 13.0 Å². The number of alkyl halides is 20. The summed E-state index contributed by atoms with van der Waals surface area (Å²) in [5, 5.41) is 12.7. The fraction of sp³-hybridized carbons (Fsp3) is 0.595. The van der Waals surface area contributed by atoms with Crippen LogP contribution in [-0.4, -0.2) is 120 Å². The largest absolute Gasteiger partial charge is 0.460 e. The molecule has 28 heteroatoms. The lowest BCUT2D eigenvalue weighted by Gasteiger charge is -2.46. The summed E-state index contributed by atoms with van der Waals surface area (Å²) in [4.78, 5) is 12.9. The van der Waals surface area contributed by atoms with Crippen molar-refractivity contribution in [2.24, 2.45) is 0 Å². The van der Waals surface area contributed by atoms with Gasteiger partial charge in [0.25, 0.3) is 9.70 Å². The first-order valence-electron chi connectivity index (χ1n) is 18.2. The first kappa shape index (κ1) is 56.4. The number of rotatable bonds is 23. The molecule has 0 aliphatic carbocycles. The molecule has 65 heavy (non-hydrogen) atoms. The number of carbonyl (C=O) groups excluding carboxylic acids is 1. The molecule has 0 radical (unpaired) electrons. The van der Waals surface area contributed by atoms with Crippen LogP contribution < -0.4 is 5.32 Å². The first-order valence-corrected chi connectivity index (χ1v) is 19.4. The molecule has 1 amide bonds. The van der Waals surface area contributed by atoms with Crippen molar-refractivity contribution in [1.82, 2.24) is 5.32 Å². The van der Waals surface area contributed by atoms with Gasteiger partial charge in [0.2, 0.25) is 0 Å². The number of ether oxygens (including phenoxy) is 5. The minimum atomic E-state index is -8.71. The molecule has 0 aromatic heterocycles. The van der Waals surface area contributed by atoms with Gasteiger partial charge in [0.1, 0.15) is 24.4 Å². The number of amides is 1. The zero-order valence-corrected chi connectivity index (χ0v) is 34.7. The Labute approximate surface area is 372 Å². The molecule has 1 fully saturated rings. The lowest BCUT2D eigenvalue weighted by atomic mass is 9.88. The predicted octanol–water partition coefficient (Wildman–Crippen LogP) is 10.1. The molecule has 1 heterocycles. The van der Waals surface area contributed by atoms with Gasteiger partial charge in [-0.1, -0.05) is 108 Å². The van der Waals surface area contributed by atoms with Crippen molar-refractivity contribution in [3.8, 4) is 0 Å². The SMILES string of the molecule is O=C(N[C@H]1[C@H](OC/C=C\COCCCC(F)(F)C(F)(F)C(F)(F)C(F)(F)C(F)(F)C(F)(F)C(F)(F)C(F)(F)F)O[C@H](CO)[C@@H](OCc2ccccc2)[C@@H]1OCc1ccccc1)C(Cl)(Cl)Cl. The van der Waals surface area contributed by atoms with Crippen molar-refractivity contribution in [1.29, 1.82) is 0 Å². The van der Waals surface area contributed by atoms with Gasteiger partial charge in [-0.3, -0.25) is 4.79 Å². The summed E-state index contributed by atoms with van der Waals surface area (Å²) in [6.07, 6.45) is -14.9. The summed E-state index contributed by atoms with van der Waals surface area (Å²) in [5.41, 5.74) is 1.33. The summed E-state index contributed by atoms with van der Waals surface area (Å²) in [6, 6.07) is 15.8. The molecule has 2 aromatic carbocycles. The number of aliphatic hydroxyl groups is 1. The maximum absolute atomic E-state index is 14.2. The molecule has 5 atom stereocenters. The fourth-order valence-corrected chi connectivity index (χ4v) is 5.86. The summed E-state index contributed by atoms with van der Waals surface area (Å²) in [6.45, 7) is -3.10. The standard InChI is InChI=1S/C37H35Cl3F17NO7/c38-30(39,40)28(60)58-24-26(64-20-22-12-5-2-6-13-22)25(63-19-21-10-3-1-4-11-21)23(18-59)65-27(24)62-17-8-7-15-61-16-9-14-29(41,42)31(43,44)32(45,46)33(47,48)34(49,50)35(51,52)36(53,54)37(55,56)57/h1-8,10-13,23-27,59H,9,14-20H2,(H,58,60)/b8-7-/t23-,24-,25-,26-,27-/m1/s1. The molecule has 1 saturated heterocycles. The van der Waals surface area contributed by atoms with E-state index >= 15 is 0 Å². The molecule has 0 unspecified atom stereocenters. The number of aliphatic hydroxyl groups excluding tert-OH is 1. The van der Waals surface area contributed by atoms with Gasteiger partial charge >= 0.3 is 47.6 Å². The Morgan fingerprint density at radius 2 is 1.08 bits per heavy atom. The second-order valence-corrected chi connectivity index (χ2v) is 16.2. The van der Waals surface area contributed by atoms with Gasteiger partial charge < -0.3 is 34.1 Å². The zero-order chi connectivity index (χ0) is 49.5. The van der Waals surface area contributed by atoms with Crippen molar-refractivity contribution in [3.05, 3.63) is 83.9 Å². The molecule has 2 N–H and O–H groups in total. The Kier molecular flexibility index (Phi) is 18.7. The van der Waals surface area contributed by atoms with Crippen LogP contribution in [0.1, 0.15) is 24.0 Å². The van der Waals surface area contributed by atoms with Gasteiger partial charge in [-0.15, -0.1) is 0 Å². The highest BCUT2D eigenvalue weighted by atomic mass is 35.6. The lowest BCUT2D eigenvalue weighted by molar-refractivity contribution is -0.461. The van der Waals surface area contributed by atoms with E-state index in [1.807, 2.05) is 0 Å². The molecular weight excluding hydrogens is 1000 g/mol. The minimum absolute atomic E-state index is 0.0447. The number of carbonyl (C=O) groups is 1. The van der Waals surface area contributed by atoms with E-state index in [0.29, 0.717) is 11.1 Å². The first-order chi connectivity index (χ1) is 29.7. The van der Waals surface area contributed by atoms with Crippen LogP contribution in [0.2, 0.25) is 0 Å². The van der Waals surface area contributed by atoms with Gasteiger partial charge in [0.05, 0.1) is 33.0 Å². The Balaban J connectivity index is 1.69. The van der Waals surface area contributed by atoms with Crippen LogP contribution in [0, 0.1) is 0 Å². The van der Waals surface area contributed by atoms with Crippen molar-refractivity contribution in [2.45, 2.75) is 108 Å². The highest BCUT2D eigenvalue weighted by molar-refractivity contribution is 6.76. The molecule has 0 bridgehead atoms. The van der Waals surface area contributed by atoms with Crippen LogP contribution >= 0.6 is 34.8 Å². The van der Waals surface area contributed by atoms with Crippen LogP contribution in [0.3, 0.4) is 0 Å². The van der Waals surface area contributed by atoms with E-state index < -0.39 is 127 Å². The Hall–Kier alpha value is -2.91. The molecule has 1 aliphatic rings. The van der Waals surface area contributed by atoms with Crippen LogP contribution in [0.25, 0.3) is 0 Å². The molecule has 8 nitrogen and oxygen atoms in total. The third-order valence-corrected chi connectivity index (χ3v) is 9.77. The second-order valence-electron chi connectivity index (χ2n) is 13.9. The number of benzene rings is 2. The summed E-state index contributed by atoms with van der Waals surface area (Å²) in [5.74, 6) is -58.1. The average Bonchev–Trinajstić information content (AvgIpc) is 3.21. The van der Waals surface area contributed by atoms with Gasteiger partial charge in [-0.2, -0.15) is 74.6 Å². The van der Waals surface area contributed by atoms with Gasteiger partial charge in [-0.25, -0.2) is 0 Å². The lowest BCUT2D eigenvalue weighted by Crippen LogP contribution is -2.74. The van der Waals surface area contributed by atoms with Crippen molar-refractivity contribution in [2.75, 3.05) is 26.4 Å². The quantitative estimate of drug-likeness (QED) is 0.0496. The van der Waals surface area contributed by atoms with Crippen molar-refractivity contribution >= 4 is 40.7 Å². The van der Waals surface area contributed by atoms with Crippen LogP contribution in [-0.2, 0) is 41.7 Å². The van der Waals surface area contributed by atoms with Gasteiger partial charge in [0.15, 0.2) is 6.29 Å². The van der Waals surface area contributed by atoms with E-state index in [2.05, 4.69) is 5.32 Å². The second kappa shape index (κ2) is 21.6. The smallest absolute Gasteiger partial charge is 0.394 e. The maximum atomic E-state index is 14.2. The number of hydrogen-bond donors (Lipinski definition) is 2. The van der Waals surface area contributed by atoms with Crippen molar-refractivity contribution < 1.29 is 108 Å². The van der Waals surface area contributed by atoms with E-state index in [4.69, 9.17) is 58.5 Å². The minimum Gasteiger partial charge on any atom is -0.394 e. The summed E-state index contributed by atoms with van der Waals surface area (Å²) in [7, 11) is 0. The number of nitrogens with one attached hydrogen (secondary N) is 1. The van der Waals surface area contributed by atoms with E-state index in [-0.39, 0.29) is 13.2 Å². The molecule has 370 valence electrons. The number of hydrogen-bond acceptors (Lipinski definition) is 7. The normalized spacial score (nSPS) is 21.2. The summed E-state index contributed by atoms with van der Waals surface area (Å²) < 4.78 is 256. The third kappa shape index (κ3) is 12.4. The molecule has 2 aromatic rings. The van der Waals surface area contributed by atoms with Crippen molar-refractivity contribution in [3.63, 3.8) is 0 Å². The molecule has 0 saturated carbocycles.